The molecule has 1 saturated heterocycles. The van der Waals surface area contributed by atoms with Gasteiger partial charge in [0.15, 0.2) is 5.82 Å². The van der Waals surface area contributed by atoms with Crippen molar-refractivity contribution in [3.8, 4) is 0 Å². The van der Waals surface area contributed by atoms with Gasteiger partial charge in [-0.3, -0.25) is 0 Å². The van der Waals surface area contributed by atoms with Gasteiger partial charge in [0.25, 0.3) is 0 Å². The average Bonchev–Trinajstić information content (AvgIpc) is 2.40. The highest BCUT2D eigenvalue weighted by Gasteiger charge is 2.20. The van der Waals surface area contributed by atoms with Crippen molar-refractivity contribution >= 4 is 5.82 Å². The van der Waals surface area contributed by atoms with E-state index in [0.717, 1.165) is 31.7 Å². The molecule has 0 saturated carbocycles. The van der Waals surface area contributed by atoms with Crippen molar-refractivity contribution in [2.45, 2.75) is 25.9 Å². The Bertz CT molecular complexity index is 340. The number of aliphatic hydroxyl groups excluding tert-OH is 2. The molecule has 2 rings (SSSR count). The van der Waals surface area contributed by atoms with Crippen LogP contribution in [0, 0.1) is 5.92 Å². The molecule has 2 N–H and O–H groups in total. The predicted octanol–water partition coefficient (Wildman–Crippen LogP) is 0.568. The molecule has 1 aliphatic heterocycles. The molecule has 94 valence electrons. The third kappa shape index (κ3) is 3.14. The zero-order valence-electron chi connectivity index (χ0n) is 9.92. The summed E-state index contributed by atoms with van der Waals surface area (Å²) in [6.07, 6.45) is 3.17. The van der Waals surface area contributed by atoms with Gasteiger partial charge in [0.05, 0.1) is 12.3 Å². The van der Waals surface area contributed by atoms with Crippen LogP contribution in [0.5, 0.6) is 0 Å². The van der Waals surface area contributed by atoms with E-state index in [1.807, 2.05) is 6.07 Å². The lowest BCUT2D eigenvalue weighted by Crippen LogP contribution is -2.36. The van der Waals surface area contributed by atoms with Gasteiger partial charge in [0.2, 0.25) is 0 Å². The van der Waals surface area contributed by atoms with Gasteiger partial charge in [-0.25, -0.2) is 0 Å². The summed E-state index contributed by atoms with van der Waals surface area (Å²) in [7, 11) is 0. The van der Waals surface area contributed by atoms with Crippen LogP contribution in [0.1, 0.15) is 25.0 Å². The minimum Gasteiger partial charge on any atom is -0.396 e. The topological polar surface area (TPSA) is 69.5 Å². The maximum Gasteiger partial charge on any atom is 0.151 e. The summed E-state index contributed by atoms with van der Waals surface area (Å²) in [5.74, 6) is 1.41. The first-order valence-electron chi connectivity index (χ1n) is 6.12. The van der Waals surface area contributed by atoms with E-state index in [-0.39, 0.29) is 13.2 Å². The summed E-state index contributed by atoms with van der Waals surface area (Å²) < 4.78 is 0. The molecule has 1 fully saturated rings. The van der Waals surface area contributed by atoms with Crippen molar-refractivity contribution in [2.75, 3.05) is 24.6 Å². The number of nitrogens with zero attached hydrogens (tertiary/aromatic N) is 3. The van der Waals surface area contributed by atoms with E-state index in [0.29, 0.717) is 11.6 Å². The lowest BCUT2D eigenvalue weighted by Gasteiger charge is -2.33. The maximum absolute atomic E-state index is 8.97. The van der Waals surface area contributed by atoms with Crippen LogP contribution in [0.25, 0.3) is 0 Å². The van der Waals surface area contributed by atoms with E-state index in [4.69, 9.17) is 10.2 Å². The fraction of sp³-hybridized carbons (Fsp3) is 0.667. The van der Waals surface area contributed by atoms with Crippen LogP contribution in [0.15, 0.2) is 12.1 Å². The smallest absolute Gasteiger partial charge is 0.151 e. The summed E-state index contributed by atoms with van der Waals surface area (Å²) >= 11 is 0. The summed E-state index contributed by atoms with van der Waals surface area (Å²) in [6.45, 7) is 2.12. The van der Waals surface area contributed by atoms with Crippen molar-refractivity contribution in [2.24, 2.45) is 5.92 Å². The highest BCUT2D eigenvalue weighted by molar-refractivity contribution is 5.37. The maximum atomic E-state index is 8.97. The van der Waals surface area contributed by atoms with Gasteiger partial charge < -0.3 is 15.1 Å². The molecular formula is C12H19N3O2. The molecule has 1 aliphatic rings. The Morgan fingerprint density at radius 1 is 1.29 bits per heavy atom. The third-order valence-electron chi connectivity index (χ3n) is 3.25. The normalized spacial score (nSPS) is 20.6. The molecule has 0 radical (unpaired) electrons. The zero-order chi connectivity index (χ0) is 12.1. The van der Waals surface area contributed by atoms with Crippen molar-refractivity contribution in [3.63, 3.8) is 0 Å². The van der Waals surface area contributed by atoms with Gasteiger partial charge in [0.1, 0.15) is 0 Å². The van der Waals surface area contributed by atoms with Crippen molar-refractivity contribution in [1.29, 1.82) is 0 Å². The van der Waals surface area contributed by atoms with Crippen LogP contribution in [0.2, 0.25) is 0 Å². The Balaban J connectivity index is 2.00. The highest BCUT2D eigenvalue weighted by atomic mass is 16.3. The van der Waals surface area contributed by atoms with Gasteiger partial charge in [-0.1, -0.05) is 0 Å². The molecule has 0 amide bonds. The van der Waals surface area contributed by atoms with Gasteiger partial charge >= 0.3 is 0 Å². The molecule has 0 aliphatic carbocycles. The third-order valence-corrected chi connectivity index (χ3v) is 3.25. The van der Waals surface area contributed by atoms with Crippen LogP contribution < -0.4 is 4.90 Å². The van der Waals surface area contributed by atoms with Crippen LogP contribution in [0.4, 0.5) is 5.82 Å². The highest BCUT2D eigenvalue weighted by Crippen LogP contribution is 2.23. The van der Waals surface area contributed by atoms with Gasteiger partial charge in [0, 0.05) is 19.7 Å². The quantitative estimate of drug-likeness (QED) is 0.801. The largest absolute Gasteiger partial charge is 0.396 e. The number of hydrogen-bond donors (Lipinski definition) is 2. The number of hydrogen-bond acceptors (Lipinski definition) is 5. The van der Waals surface area contributed by atoms with Crippen molar-refractivity contribution in [3.05, 3.63) is 17.8 Å². The number of piperidine rings is 1. The molecular weight excluding hydrogens is 218 g/mol. The SMILES string of the molecule is OCCC1CCCN(c2ccc(CO)nn2)C1. The summed E-state index contributed by atoms with van der Waals surface area (Å²) in [5, 5.41) is 25.9. The first kappa shape index (κ1) is 12.3. The number of rotatable bonds is 4. The second-order valence-electron chi connectivity index (χ2n) is 4.51. The molecule has 2 heterocycles. The average molecular weight is 237 g/mol. The van der Waals surface area contributed by atoms with E-state index in [1.54, 1.807) is 6.07 Å². The Kier molecular flexibility index (Phi) is 4.28. The van der Waals surface area contributed by atoms with E-state index in [1.165, 1.54) is 6.42 Å². The molecule has 1 atom stereocenters. The molecule has 0 spiro atoms. The lowest BCUT2D eigenvalue weighted by molar-refractivity contribution is 0.244. The van der Waals surface area contributed by atoms with E-state index in [9.17, 15) is 0 Å². The Morgan fingerprint density at radius 3 is 2.82 bits per heavy atom. The summed E-state index contributed by atoms with van der Waals surface area (Å²) in [6, 6.07) is 3.71. The first-order chi connectivity index (χ1) is 8.33. The molecule has 0 aromatic carbocycles. The molecule has 17 heavy (non-hydrogen) atoms. The fourth-order valence-corrected chi connectivity index (χ4v) is 2.30. The van der Waals surface area contributed by atoms with E-state index < -0.39 is 0 Å². The number of aliphatic hydroxyl groups is 2. The van der Waals surface area contributed by atoms with Crippen LogP contribution in [0.3, 0.4) is 0 Å². The first-order valence-corrected chi connectivity index (χ1v) is 6.12. The summed E-state index contributed by atoms with van der Waals surface area (Å²) in [4.78, 5) is 2.21. The molecule has 1 unspecified atom stereocenters. The monoisotopic (exact) mass is 237 g/mol. The molecule has 1 aromatic rings. The lowest BCUT2D eigenvalue weighted by atomic mass is 9.95. The standard InChI is InChI=1S/C12H19N3O2/c16-7-5-10-2-1-6-15(8-10)12-4-3-11(9-17)13-14-12/h3-4,10,16-17H,1-2,5-9H2. The minimum atomic E-state index is -0.0690. The Labute approximate surface area is 101 Å². The van der Waals surface area contributed by atoms with Crippen LogP contribution in [-0.2, 0) is 6.61 Å². The number of aromatic nitrogens is 2. The predicted molar refractivity (Wildman–Crippen MR) is 64.6 cm³/mol. The van der Waals surface area contributed by atoms with Crippen molar-refractivity contribution in [1.82, 2.24) is 10.2 Å². The molecule has 5 nitrogen and oxygen atoms in total. The molecule has 1 aromatic heterocycles. The molecule has 5 heteroatoms. The van der Waals surface area contributed by atoms with E-state index >= 15 is 0 Å². The Morgan fingerprint density at radius 2 is 2.18 bits per heavy atom. The second kappa shape index (κ2) is 5.93. The van der Waals surface area contributed by atoms with Gasteiger partial charge in [-0.05, 0) is 37.3 Å². The van der Waals surface area contributed by atoms with Crippen molar-refractivity contribution < 1.29 is 10.2 Å². The minimum absolute atomic E-state index is 0.0690. The van der Waals surface area contributed by atoms with E-state index in [2.05, 4.69) is 15.1 Å². The van der Waals surface area contributed by atoms with Crippen LogP contribution >= 0.6 is 0 Å². The van der Waals surface area contributed by atoms with Gasteiger partial charge in [-0.15, -0.1) is 5.10 Å². The molecule has 0 bridgehead atoms. The number of anilines is 1. The second-order valence-corrected chi connectivity index (χ2v) is 4.51. The van der Waals surface area contributed by atoms with Gasteiger partial charge in [-0.2, -0.15) is 5.10 Å². The fourth-order valence-electron chi connectivity index (χ4n) is 2.30. The summed E-state index contributed by atoms with van der Waals surface area (Å²) in [5.41, 5.74) is 0.595. The van der Waals surface area contributed by atoms with Crippen LogP contribution in [-0.4, -0.2) is 40.1 Å². The Hall–Kier alpha value is -1.20. The zero-order valence-corrected chi connectivity index (χ0v) is 9.92.